The van der Waals surface area contributed by atoms with E-state index >= 15 is 0 Å². The molecule has 1 aromatic heterocycles. The summed E-state index contributed by atoms with van der Waals surface area (Å²) in [6.07, 6.45) is -11.8. The van der Waals surface area contributed by atoms with Crippen LogP contribution in [0.2, 0.25) is 5.02 Å². The van der Waals surface area contributed by atoms with Crippen molar-refractivity contribution < 1.29 is 42.4 Å². The minimum Gasteiger partial charge on any atom is -0.443 e. The summed E-state index contributed by atoms with van der Waals surface area (Å²) in [7, 11) is 1.31. The van der Waals surface area contributed by atoms with Crippen molar-refractivity contribution in [3.8, 4) is 5.69 Å². The molecule has 1 aromatic carbocycles. The van der Waals surface area contributed by atoms with Gasteiger partial charge in [-0.15, -0.1) is 0 Å². The number of benzene rings is 1. The van der Waals surface area contributed by atoms with Gasteiger partial charge in [-0.25, -0.2) is 19.9 Å². The second-order valence-corrected chi connectivity index (χ2v) is 10.3. The molecule has 0 radical (unpaired) electrons. The molecule has 4 N–H and O–H groups in total. The number of halogens is 4. The number of hydrogen-bond donors (Lipinski definition) is 4. The molecule has 0 aliphatic carbocycles. The molecule has 15 heteroatoms. The normalized spacial score (nSPS) is 25.2. The predicted molar refractivity (Wildman–Crippen MR) is 129 cm³/mol. The number of hydrazine groups is 1. The number of carbonyl (C=O) groups excluding carboxylic acids is 1. The number of hydrogen-bond acceptors (Lipinski definition) is 9. The Morgan fingerprint density at radius 3 is 2.50 bits per heavy atom. The molecule has 0 spiro atoms. The zero-order chi connectivity index (χ0) is 28.6. The lowest BCUT2D eigenvalue weighted by Gasteiger charge is -2.45. The highest BCUT2D eigenvalue weighted by molar-refractivity contribution is 6.30. The van der Waals surface area contributed by atoms with E-state index in [9.17, 15) is 28.2 Å². The fourth-order valence-electron chi connectivity index (χ4n) is 4.12. The highest BCUT2D eigenvalue weighted by Crippen LogP contribution is 2.39. The molecule has 6 atom stereocenters. The Hall–Kier alpha value is -2.49. The Morgan fingerprint density at radius 2 is 1.95 bits per heavy atom. The molecule has 1 aliphatic heterocycles. The number of ether oxygens (including phenoxy) is 3. The average molecular weight is 566 g/mol. The van der Waals surface area contributed by atoms with Gasteiger partial charge in [0, 0.05) is 12.1 Å². The largest absolute Gasteiger partial charge is 0.443 e. The van der Waals surface area contributed by atoms with Gasteiger partial charge in [0.15, 0.2) is 5.82 Å². The van der Waals surface area contributed by atoms with Crippen LogP contribution < -0.4 is 10.9 Å². The molecule has 1 fully saturated rings. The molecule has 2 heterocycles. The van der Waals surface area contributed by atoms with Crippen molar-refractivity contribution in [3.05, 3.63) is 40.4 Å². The van der Waals surface area contributed by atoms with Gasteiger partial charge in [0.25, 0.3) is 0 Å². The van der Waals surface area contributed by atoms with Crippen LogP contribution in [0.4, 0.5) is 18.0 Å². The van der Waals surface area contributed by atoms with E-state index in [1.807, 2.05) is 0 Å². The minimum atomic E-state index is -4.76. The maximum atomic E-state index is 13.8. The van der Waals surface area contributed by atoms with Crippen molar-refractivity contribution >= 4 is 17.7 Å². The summed E-state index contributed by atoms with van der Waals surface area (Å²) in [5, 5.41) is 25.9. The number of alkyl halides is 3. The summed E-state index contributed by atoms with van der Waals surface area (Å²) < 4.78 is 59.0. The van der Waals surface area contributed by atoms with Crippen LogP contribution in [0.25, 0.3) is 5.69 Å². The molecular formula is C23H31ClF3N5O6. The summed E-state index contributed by atoms with van der Waals surface area (Å²) >= 11 is 6.01. The summed E-state index contributed by atoms with van der Waals surface area (Å²) in [6.45, 7) is 7.85. The molecule has 1 amide bonds. The van der Waals surface area contributed by atoms with Crippen LogP contribution in [0.3, 0.4) is 0 Å². The minimum absolute atomic E-state index is 0.0135. The zero-order valence-electron chi connectivity index (χ0n) is 21.6. The maximum absolute atomic E-state index is 13.8. The van der Waals surface area contributed by atoms with Gasteiger partial charge < -0.3 is 24.4 Å². The monoisotopic (exact) mass is 565 g/mol. The fourth-order valence-corrected chi connectivity index (χ4v) is 4.29. The molecule has 2 aromatic rings. The molecule has 11 nitrogen and oxygen atoms in total. The molecule has 4 unspecified atom stereocenters. The number of rotatable bonds is 6. The molecule has 3 rings (SSSR count). The lowest BCUT2D eigenvalue weighted by atomic mass is 9.90. The molecule has 1 saturated heterocycles. The number of methoxy groups -OCH3 is 1. The molecule has 38 heavy (non-hydrogen) atoms. The Balaban J connectivity index is 2.06. The van der Waals surface area contributed by atoms with Gasteiger partial charge in [-0.2, -0.15) is 18.3 Å². The van der Waals surface area contributed by atoms with Crippen molar-refractivity contribution in [1.82, 2.24) is 25.6 Å². The van der Waals surface area contributed by atoms with Gasteiger partial charge >= 0.3 is 12.3 Å². The van der Waals surface area contributed by atoms with Crippen molar-refractivity contribution in [2.24, 2.45) is 0 Å². The van der Waals surface area contributed by atoms with Crippen molar-refractivity contribution in [2.45, 2.75) is 83.0 Å². The predicted octanol–water partition coefficient (Wildman–Crippen LogP) is 2.84. The smallest absolute Gasteiger partial charge is 0.422 e. The van der Waals surface area contributed by atoms with E-state index in [0.717, 1.165) is 22.9 Å². The number of amides is 1. The maximum Gasteiger partial charge on any atom is 0.422 e. The van der Waals surface area contributed by atoms with Crippen LogP contribution in [0.1, 0.15) is 51.0 Å². The van der Waals surface area contributed by atoms with Gasteiger partial charge in [-0.05, 0) is 52.8 Å². The van der Waals surface area contributed by atoms with Crippen LogP contribution in [0.15, 0.2) is 18.2 Å². The SMILES string of the molecule is CO[C@@H]1C(NNC(=O)OC(C)(C)C)C(O)[C@H](c2nc(C)nn2-c2cc(Cl)ccc2C(F)(F)F)OC1C(C)O. The van der Waals surface area contributed by atoms with Gasteiger partial charge in [0.1, 0.15) is 35.8 Å². The number of aromatic nitrogens is 3. The fraction of sp³-hybridized carbons (Fsp3) is 0.609. The summed E-state index contributed by atoms with van der Waals surface area (Å²) in [5.41, 5.74) is 2.68. The number of aliphatic hydroxyl groups is 2. The molecule has 0 saturated carbocycles. The van der Waals surface area contributed by atoms with E-state index in [2.05, 4.69) is 20.9 Å². The van der Waals surface area contributed by atoms with Crippen LogP contribution in [0, 0.1) is 6.92 Å². The molecule has 0 bridgehead atoms. The van der Waals surface area contributed by atoms with E-state index in [-0.39, 0.29) is 16.7 Å². The topological polar surface area (TPSA) is 140 Å². The quantitative estimate of drug-likeness (QED) is 0.389. The third-order valence-electron chi connectivity index (χ3n) is 5.63. The lowest BCUT2D eigenvalue weighted by molar-refractivity contribution is -0.222. The summed E-state index contributed by atoms with van der Waals surface area (Å²) in [4.78, 5) is 16.5. The first-order chi connectivity index (χ1) is 17.5. The molecular weight excluding hydrogens is 535 g/mol. The van der Waals surface area contributed by atoms with Gasteiger partial charge in [-0.3, -0.25) is 5.43 Å². The second kappa shape index (κ2) is 11.3. The van der Waals surface area contributed by atoms with E-state index in [4.69, 9.17) is 25.8 Å². The summed E-state index contributed by atoms with van der Waals surface area (Å²) in [6, 6.07) is 1.85. The van der Waals surface area contributed by atoms with Crippen molar-refractivity contribution in [3.63, 3.8) is 0 Å². The third kappa shape index (κ3) is 6.74. The number of aliphatic hydroxyl groups excluding tert-OH is 2. The van der Waals surface area contributed by atoms with E-state index in [1.165, 1.54) is 21.0 Å². The van der Waals surface area contributed by atoms with E-state index in [0.29, 0.717) is 0 Å². The number of nitrogens with one attached hydrogen (secondary N) is 2. The second-order valence-electron chi connectivity index (χ2n) is 9.84. The Bertz CT molecular complexity index is 1140. The Morgan fingerprint density at radius 1 is 1.29 bits per heavy atom. The first-order valence-electron chi connectivity index (χ1n) is 11.6. The van der Waals surface area contributed by atoms with Crippen LogP contribution in [-0.2, 0) is 20.4 Å². The van der Waals surface area contributed by atoms with E-state index in [1.54, 1.807) is 20.8 Å². The van der Waals surface area contributed by atoms with Crippen LogP contribution in [0.5, 0.6) is 0 Å². The third-order valence-corrected chi connectivity index (χ3v) is 5.87. The average Bonchev–Trinajstić information content (AvgIpc) is 3.16. The number of carbonyl (C=O) groups is 1. The highest BCUT2D eigenvalue weighted by Gasteiger charge is 2.50. The van der Waals surface area contributed by atoms with Crippen molar-refractivity contribution in [1.29, 1.82) is 0 Å². The molecule has 212 valence electrons. The van der Waals surface area contributed by atoms with Gasteiger partial charge in [0.05, 0.1) is 23.4 Å². The first-order valence-corrected chi connectivity index (χ1v) is 12.0. The van der Waals surface area contributed by atoms with Gasteiger partial charge in [-0.1, -0.05) is 11.6 Å². The van der Waals surface area contributed by atoms with Crippen molar-refractivity contribution in [2.75, 3.05) is 7.11 Å². The zero-order valence-corrected chi connectivity index (χ0v) is 22.3. The Labute approximate surface area is 222 Å². The molecule has 1 aliphatic rings. The lowest BCUT2D eigenvalue weighted by Crippen LogP contribution is -2.66. The van der Waals surface area contributed by atoms with Crippen LogP contribution >= 0.6 is 11.6 Å². The highest BCUT2D eigenvalue weighted by atomic mass is 35.5. The standard InChI is InChI=1S/C23H31ClF3N5O6/c1-10(33)17-18(36-6)15(29-30-21(35)38-22(3,4)5)16(34)19(37-17)20-28-11(2)31-32(20)14-9-12(24)7-8-13(14)23(25,26)27/h7-10,15-19,29,33-34H,1-6H3,(H,30,35)/t10?,15?,16?,17?,18-,19-/m1/s1. The van der Waals surface area contributed by atoms with Gasteiger partial charge in [0.2, 0.25) is 0 Å². The summed E-state index contributed by atoms with van der Waals surface area (Å²) in [5.74, 6) is -0.102. The van der Waals surface area contributed by atoms with E-state index < -0.39 is 65.7 Å². The van der Waals surface area contributed by atoms with Crippen LogP contribution in [-0.4, -0.2) is 74.2 Å². The Kier molecular flexibility index (Phi) is 8.95. The first kappa shape index (κ1) is 30.1. The number of aryl methyl sites for hydroxylation is 1. The number of nitrogens with zero attached hydrogens (tertiary/aromatic N) is 3.